The Kier molecular flexibility index (Phi) is 3.75. The molecule has 5 heteroatoms. The molecule has 0 fully saturated rings. The van der Waals surface area contributed by atoms with E-state index in [1.807, 2.05) is 6.07 Å². The van der Waals surface area contributed by atoms with E-state index in [2.05, 4.69) is 0 Å². The first kappa shape index (κ1) is 12.3. The van der Waals surface area contributed by atoms with Gasteiger partial charge in [0.25, 0.3) is 0 Å². The highest BCUT2D eigenvalue weighted by atomic mass is 35.5. The number of aliphatic carboxylic acids is 1. The lowest BCUT2D eigenvalue weighted by Crippen LogP contribution is -2.08. The number of carboxylic acid groups (broad SMARTS) is 1. The molecule has 1 aromatic rings. The maximum atomic E-state index is 10.8. The highest BCUT2D eigenvalue weighted by Gasteiger charge is 2.19. The number of carbonyl (C=O) groups is 1. The van der Waals surface area contributed by atoms with Crippen molar-refractivity contribution in [1.29, 1.82) is 5.26 Å². The highest BCUT2D eigenvalue weighted by Crippen LogP contribution is 2.31. The summed E-state index contributed by atoms with van der Waals surface area (Å²) in [5.41, 5.74) is 0.721. The molecule has 0 radical (unpaired) electrons. The van der Waals surface area contributed by atoms with Gasteiger partial charge in [0.2, 0.25) is 0 Å². The van der Waals surface area contributed by atoms with Gasteiger partial charge in [-0.05, 0) is 24.6 Å². The van der Waals surface area contributed by atoms with Crippen LogP contribution in [0.4, 0.5) is 0 Å². The minimum absolute atomic E-state index is 0.257. The van der Waals surface area contributed by atoms with Crippen molar-refractivity contribution in [2.24, 2.45) is 0 Å². The molecule has 0 bridgehead atoms. The molecule has 16 heavy (non-hydrogen) atoms. The summed E-state index contributed by atoms with van der Waals surface area (Å²) in [6.45, 7) is 1.52. The number of nitrogens with zero attached hydrogens (tertiary/aromatic N) is 1. The van der Waals surface area contributed by atoms with Crippen LogP contribution in [0.2, 0.25) is 5.02 Å². The molecule has 0 spiro atoms. The van der Waals surface area contributed by atoms with E-state index in [1.54, 1.807) is 0 Å². The number of ether oxygens (including phenoxy) is 1. The number of nitriles is 1. The lowest BCUT2D eigenvalue weighted by atomic mass is 9.99. The Morgan fingerprint density at radius 1 is 1.62 bits per heavy atom. The second-order valence-corrected chi connectivity index (χ2v) is 3.65. The number of benzene rings is 1. The Hall–Kier alpha value is -1.73. The molecule has 1 unspecified atom stereocenters. The SMILES string of the molecule is COc1cc(C(C)C(=O)O)c(Cl)cc1C#N. The van der Waals surface area contributed by atoms with Crippen LogP contribution in [0, 0.1) is 11.3 Å². The minimum Gasteiger partial charge on any atom is -0.495 e. The van der Waals surface area contributed by atoms with Gasteiger partial charge in [-0.3, -0.25) is 4.79 Å². The third-order valence-corrected chi connectivity index (χ3v) is 2.60. The first-order valence-corrected chi connectivity index (χ1v) is 4.89. The van der Waals surface area contributed by atoms with E-state index in [0.717, 1.165) is 0 Å². The fourth-order valence-electron chi connectivity index (χ4n) is 1.29. The van der Waals surface area contributed by atoms with E-state index in [4.69, 9.17) is 26.7 Å². The summed E-state index contributed by atoms with van der Waals surface area (Å²) in [6.07, 6.45) is 0. The molecule has 0 aliphatic rings. The van der Waals surface area contributed by atoms with Gasteiger partial charge in [-0.1, -0.05) is 11.6 Å². The summed E-state index contributed by atoms with van der Waals surface area (Å²) in [5, 5.41) is 17.9. The quantitative estimate of drug-likeness (QED) is 0.879. The van der Waals surface area contributed by atoms with Crippen LogP contribution in [-0.4, -0.2) is 18.2 Å². The van der Waals surface area contributed by atoms with E-state index in [1.165, 1.54) is 26.2 Å². The second kappa shape index (κ2) is 4.86. The number of rotatable bonds is 3. The highest BCUT2D eigenvalue weighted by molar-refractivity contribution is 6.31. The number of methoxy groups -OCH3 is 1. The smallest absolute Gasteiger partial charge is 0.310 e. The van der Waals surface area contributed by atoms with Gasteiger partial charge in [0.05, 0.1) is 18.6 Å². The van der Waals surface area contributed by atoms with Crippen molar-refractivity contribution in [3.63, 3.8) is 0 Å². The fourth-order valence-corrected chi connectivity index (χ4v) is 1.62. The number of hydrogen-bond acceptors (Lipinski definition) is 3. The third-order valence-electron chi connectivity index (χ3n) is 2.28. The molecule has 1 atom stereocenters. The van der Waals surface area contributed by atoms with Crippen LogP contribution in [0.3, 0.4) is 0 Å². The normalized spacial score (nSPS) is 11.6. The number of carboxylic acids is 1. The minimum atomic E-state index is -0.978. The monoisotopic (exact) mass is 239 g/mol. The topological polar surface area (TPSA) is 70.3 Å². The van der Waals surface area contributed by atoms with Gasteiger partial charge >= 0.3 is 5.97 Å². The third kappa shape index (κ3) is 2.26. The lowest BCUT2D eigenvalue weighted by molar-refractivity contribution is -0.138. The maximum absolute atomic E-state index is 10.8. The Morgan fingerprint density at radius 2 is 2.25 bits per heavy atom. The van der Waals surface area contributed by atoms with Crippen LogP contribution < -0.4 is 4.74 Å². The molecular weight excluding hydrogens is 230 g/mol. The molecule has 0 aliphatic heterocycles. The van der Waals surface area contributed by atoms with Crippen LogP contribution in [0.5, 0.6) is 5.75 Å². The van der Waals surface area contributed by atoms with Crippen LogP contribution >= 0.6 is 11.6 Å². The van der Waals surface area contributed by atoms with Gasteiger partial charge in [-0.25, -0.2) is 0 Å². The average Bonchev–Trinajstić information content (AvgIpc) is 2.27. The Bertz CT molecular complexity index is 465. The fraction of sp³-hybridized carbons (Fsp3) is 0.273. The Balaban J connectivity index is 3.33. The predicted molar refractivity (Wildman–Crippen MR) is 58.8 cm³/mol. The van der Waals surface area contributed by atoms with Crippen LogP contribution in [0.15, 0.2) is 12.1 Å². The van der Waals surface area contributed by atoms with E-state index < -0.39 is 11.9 Å². The molecule has 1 rings (SSSR count). The molecule has 4 nitrogen and oxygen atoms in total. The van der Waals surface area contributed by atoms with E-state index in [0.29, 0.717) is 11.3 Å². The molecule has 0 aromatic heterocycles. The molecule has 0 saturated heterocycles. The van der Waals surface area contributed by atoms with E-state index in [-0.39, 0.29) is 10.6 Å². The van der Waals surface area contributed by atoms with Crippen molar-refractivity contribution in [2.45, 2.75) is 12.8 Å². The van der Waals surface area contributed by atoms with Gasteiger partial charge in [-0.15, -0.1) is 0 Å². The number of hydrogen-bond donors (Lipinski definition) is 1. The Morgan fingerprint density at radius 3 is 2.69 bits per heavy atom. The zero-order valence-electron chi connectivity index (χ0n) is 8.82. The summed E-state index contributed by atoms with van der Waals surface area (Å²) in [6, 6.07) is 4.82. The molecule has 1 aromatic carbocycles. The standard InChI is InChI=1S/C11H10ClNO3/c1-6(11(14)15)8-4-10(16-2)7(5-13)3-9(8)12/h3-4,6H,1-2H3,(H,14,15). The summed E-state index contributed by atoms with van der Waals surface area (Å²) >= 11 is 5.91. The molecule has 1 N–H and O–H groups in total. The maximum Gasteiger partial charge on any atom is 0.310 e. The van der Waals surface area contributed by atoms with E-state index in [9.17, 15) is 4.79 Å². The molecule has 0 aliphatic carbocycles. The van der Waals surface area contributed by atoms with Crippen LogP contribution in [0.1, 0.15) is 24.0 Å². The summed E-state index contributed by atoms with van der Waals surface area (Å²) in [5.74, 6) is -1.39. The van der Waals surface area contributed by atoms with Crippen LogP contribution in [-0.2, 0) is 4.79 Å². The Labute approximate surface area is 98.0 Å². The van der Waals surface area contributed by atoms with Gasteiger partial charge < -0.3 is 9.84 Å². The van der Waals surface area contributed by atoms with Crippen molar-refractivity contribution in [2.75, 3.05) is 7.11 Å². The summed E-state index contributed by atoms with van der Waals surface area (Å²) < 4.78 is 4.99. The van der Waals surface area contributed by atoms with Crippen molar-refractivity contribution < 1.29 is 14.6 Å². The van der Waals surface area contributed by atoms with Gasteiger partial charge in [0, 0.05) is 5.02 Å². The second-order valence-electron chi connectivity index (χ2n) is 3.25. The van der Waals surface area contributed by atoms with Gasteiger partial charge in [0.15, 0.2) is 0 Å². The van der Waals surface area contributed by atoms with Crippen LogP contribution in [0.25, 0.3) is 0 Å². The van der Waals surface area contributed by atoms with Gasteiger partial charge in [0.1, 0.15) is 11.8 Å². The van der Waals surface area contributed by atoms with Crippen molar-refractivity contribution in [3.05, 3.63) is 28.3 Å². The van der Waals surface area contributed by atoms with Crippen molar-refractivity contribution >= 4 is 17.6 Å². The molecule has 0 saturated carbocycles. The molecular formula is C11H10ClNO3. The number of halogens is 1. The van der Waals surface area contributed by atoms with Crippen molar-refractivity contribution in [1.82, 2.24) is 0 Å². The van der Waals surface area contributed by atoms with Crippen molar-refractivity contribution in [3.8, 4) is 11.8 Å². The first-order chi connectivity index (χ1) is 7.51. The zero-order valence-corrected chi connectivity index (χ0v) is 9.58. The predicted octanol–water partition coefficient (Wildman–Crippen LogP) is 2.41. The summed E-state index contributed by atoms with van der Waals surface area (Å²) in [7, 11) is 1.42. The zero-order chi connectivity index (χ0) is 12.3. The molecule has 84 valence electrons. The largest absolute Gasteiger partial charge is 0.495 e. The summed E-state index contributed by atoms with van der Waals surface area (Å²) in [4.78, 5) is 10.8. The average molecular weight is 240 g/mol. The van der Waals surface area contributed by atoms with Gasteiger partial charge in [-0.2, -0.15) is 5.26 Å². The molecule has 0 heterocycles. The lowest BCUT2D eigenvalue weighted by Gasteiger charge is -2.11. The molecule has 0 amide bonds. The van der Waals surface area contributed by atoms with E-state index >= 15 is 0 Å². The first-order valence-electron chi connectivity index (χ1n) is 4.51.